The van der Waals surface area contributed by atoms with E-state index in [2.05, 4.69) is 50.2 Å². The number of fused-ring (bicyclic) bond motifs is 2. The van der Waals surface area contributed by atoms with Crippen LogP contribution in [0.5, 0.6) is 23.0 Å². The lowest BCUT2D eigenvalue weighted by Crippen LogP contribution is -1.95. The molecule has 0 aliphatic rings. The summed E-state index contributed by atoms with van der Waals surface area (Å²) in [4.78, 5) is 0. The summed E-state index contributed by atoms with van der Waals surface area (Å²) < 4.78 is 13.1. The van der Waals surface area contributed by atoms with Crippen LogP contribution in [0, 0.1) is 0 Å². The third-order valence-electron chi connectivity index (χ3n) is 5.89. The van der Waals surface area contributed by atoms with Crippen molar-refractivity contribution < 1.29 is 9.47 Å². The number of hydrogen-bond acceptors (Lipinski definition) is 2. The molecule has 0 unspecified atom stereocenters. The molecule has 0 aromatic heterocycles. The number of rotatable bonds is 6. The van der Waals surface area contributed by atoms with Crippen molar-refractivity contribution >= 4 is 21.5 Å². The fourth-order valence-electron chi connectivity index (χ4n) is 4.12. The van der Waals surface area contributed by atoms with E-state index >= 15 is 0 Å². The number of ether oxygens (including phenoxy) is 2. The maximum absolute atomic E-state index is 6.53. The Bertz CT molecular complexity index is 1260. The highest BCUT2D eigenvalue weighted by molar-refractivity contribution is 6.11. The highest BCUT2D eigenvalue weighted by atomic mass is 16.5. The molecule has 0 aliphatic heterocycles. The number of para-hydroxylation sites is 2. The van der Waals surface area contributed by atoms with Crippen molar-refractivity contribution in [3.05, 3.63) is 108 Å². The summed E-state index contributed by atoms with van der Waals surface area (Å²) in [5.41, 5.74) is 2.54. The minimum absolute atomic E-state index is 0.827. The van der Waals surface area contributed by atoms with Crippen molar-refractivity contribution in [1.82, 2.24) is 0 Å². The predicted octanol–water partition coefficient (Wildman–Crippen LogP) is 8.70. The van der Waals surface area contributed by atoms with Crippen LogP contribution in [0.3, 0.4) is 0 Å². The molecule has 158 valence electrons. The number of aryl methyl sites for hydroxylation is 2. The van der Waals surface area contributed by atoms with Crippen LogP contribution in [-0.2, 0) is 12.8 Å². The van der Waals surface area contributed by atoms with Gasteiger partial charge in [0.05, 0.1) is 0 Å². The van der Waals surface area contributed by atoms with Gasteiger partial charge in [0, 0.05) is 21.5 Å². The first-order valence-corrected chi connectivity index (χ1v) is 11.2. The van der Waals surface area contributed by atoms with Gasteiger partial charge in [0.1, 0.15) is 23.0 Å². The molecule has 5 aromatic rings. The van der Waals surface area contributed by atoms with E-state index in [1.54, 1.807) is 0 Å². The van der Waals surface area contributed by atoms with Gasteiger partial charge in [-0.1, -0.05) is 74.5 Å². The highest BCUT2D eigenvalue weighted by Gasteiger charge is 2.18. The molecule has 0 radical (unpaired) electrons. The van der Waals surface area contributed by atoms with Crippen molar-refractivity contribution in [3.63, 3.8) is 0 Å². The van der Waals surface area contributed by atoms with Gasteiger partial charge in [0.15, 0.2) is 0 Å². The molecular formula is C30H26O2. The SMILES string of the molecule is CCc1ccc2c(Oc3ccccc3)c3cc(CC)ccc3c(Oc3ccccc3)c2c1. The zero-order chi connectivity index (χ0) is 21.9. The maximum Gasteiger partial charge on any atom is 0.143 e. The third kappa shape index (κ3) is 3.80. The van der Waals surface area contributed by atoms with Gasteiger partial charge in [-0.25, -0.2) is 0 Å². The summed E-state index contributed by atoms with van der Waals surface area (Å²) in [7, 11) is 0. The summed E-state index contributed by atoms with van der Waals surface area (Å²) in [6.07, 6.45) is 1.92. The summed E-state index contributed by atoms with van der Waals surface area (Å²) >= 11 is 0. The Morgan fingerprint density at radius 3 is 1.25 bits per heavy atom. The molecule has 0 N–H and O–H groups in total. The number of benzene rings is 5. The summed E-state index contributed by atoms with van der Waals surface area (Å²) in [5.74, 6) is 3.40. The van der Waals surface area contributed by atoms with Crippen LogP contribution in [0.4, 0.5) is 0 Å². The standard InChI is InChI=1S/C30H26O2/c1-3-21-15-17-25-27(19-21)29(31-23-11-7-5-8-12-23)26-18-16-22(4-2)20-28(26)30(25)32-24-13-9-6-10-14-24/h5-20H,3-4H2,1-2H3. The van der Waals surface area contributed by atoms with Crippen molar-refractivity contribution in [2.45, 2.75) is 26.7 Å². The van der Waals surface area contributed by atoms with Crippen LogP contribution >= 0.6 is 0 Å². The van der Waals surface area contributed by atoms with E-state index in [4.69, 9.17) is 9.47 Å². The molecule has 0 atom stereocenters. The van der Waals surface area contributed by atoms with Gasteiger partial charge in [-0.15, -0.1) is 0 Å². The third-order valence-corrected chi connectivity index (χ3v) is 5.89. The van der Waals surface area contributed by atoms with Crippen LogP contribution < -0.4 is 9.47 Å². The molecule has 0 amide bonds. The van der Waals surface area contributed by atoms with Gasteiger partial charge in [-0.3, -0.25) is 0 Å². The lowest BCUT2D eigenvalue weighted by atomic mass is 9.96. The molecule has 5 aromatic carbocycles. The summed E-state index contributed by atoms with van der Waals surface area (Å²) in [6.45, 7) is 4.35. The van der Waals surface area contributed by atoms with E-state index in [1.807, 2.05) is 60.7 Å². The van der Waals surface area contributed by atoms with Crippen molar-refractivity contribution in [2.24, 2.45) is 0 Å². The highest BCUT2D eigenvalue weighted by Crippen LogP contribution is 2.46. The normalized spacial score (nSPS) is 11.1. The van der Waals surface area contributed by atoms with E-state index < -0.39 is 0 Å². The Morgan fingerprint density at radius 1 is 0.469 bits per heavy atom. The van der Waals surface area contributed by atoms with Gasteiger partial charge in [-0.2, -0.15) is 0 Å². The largest absolute Gasteiger partial charge is 0.456 e. The van der Waals surface area contributed by atoms with Gasteiger partial charge >= 0.3 is 0 Å². The fourth-order valence-corrected chi connectivity index (χ4v) is 4.12. The molecule has 0 bridgehead atoms. The Morgan fingerprint density at radius 2 is 0.875 bits per heavy atom. The first-order chi connectivity index (χ1) is 15.8. The van der Waals surface area contributed by atoms with Crippen LogP contribution in [0.2, 0.25) is 0 Å². The molecule has 0 heterocycles. The number of hydrogen-bond donors (Lipinski definition) is 0. The van der Waals surface area contributed by atoms with Crippen LogP contribution in [0.1, 0.15) is 25.0 Å². The van der Waals surface area contributed by atoms with E-state index in [9.17, 15) is 0 Å². The Hall–Kier alpha value is -3.78. The van der Waals surface area contributed by atoms with Gasteiger partial charge in [0.25, 0.3) is 0 Å². The van der Waals surface area contributed by atoms with Crippen LogP contribution in [0.15, 0.2) is 97.1 Å². The topological polar surface area (TPSA) is 18.5 Å². The van der Waals surface area contributed by atoms with Gasteiger partial charge in [0.2, 0.25) is 0 Å². The zero-order valence-electron chi connectivity index (χ0n) is 18.5. The molecular weight excluding hydrogens is 392 g/mol. The monoisotopic (exact) mass is 418 g/mol. The van der Waals surface area contributed by atoms with E-state index in [-0.39, 0.29) is 0 Å². The van der Waals surface area contributed by atoms with Crippen molar-refractivity contribution in [1.29, 1.82) is 0 Å². The first kappa shape index (κ1) is 20.1. The predicted molar refractivity (Wildman–Crippen MR) is 133 cm³/mol. The van der Waals surface area contributed by atoms with Gasteiger partial charge < -0.3 is 9.47 Å². The summed E-state index contributed by atoms with van der Waals surface area (Å²) in [6, 6.07) is 33.2. The Balaban J connectivity index is 1.83. The average molecular weight is 419 g/mol. The lowest BCUT2D eigenvalue weighted by Gasteiger charge is -2.19. The molecule has 0 fully saturated rings. The Kier molecular flexibility index (Phi) is 5.51. The van der Waals surface area contributed by atoms with E-state index in [0.717, 1.165) is 57.4 Å². The molecule has 0 aliphatic carbocycles. The minimum Gasteiger partial charge on any atom is -0.456 e. The van der Waals surface area contributed by atoms with Crippen LogP contribution in [-0.4, -0.2) is 0 Å². The minimum atomic E-state index is 0.827. The second kappa shape index (κ2) is 8.76. The van der Waals surface area contributed by atoms with E-state index in [1.165, 1.54) is 11.1 Å². The quantitative estimate of drug-likeness (QED) is 0.257. The molecule has 2 nitrogen and oxygen atoms in total. The van der Waals surface area contributed by atoms with E-state index in [0.29, 0.717) is 0 Å². The molecule has 0 spiro atoms. The van der Waals surface area contributed by atoms with Crippen molar-refractivity contribution in [2.75, 3.05) is 0 Å². The molecule has 32 heavy (non-hydrogen) atoms. The first-order valence-electron chi connectivity index (χ1n) is 11.2. The van der Waals surface area contributed by atoms with Gasteiger partial charge in [-0.05, 0) is 60.4 Å². The van der Waals surface area contributed by atoms with Crippen molar-refractivity contribution in [3.8, 4) is 23.0 Å². The molecule has 5 rings (SSSR count). The molecule has 0 saturated carbocycles. The fraction of sp³-hybridized carbons (Fsp3) is 0.133. The Labute approximate surface area is 189 Å². The molecule has 2 heteroatoms. The molecule has 0 saturated heterocycles. The summed E-state index contributed by atoms with van der Waals surface area (Å²) in [5, 5.41) is 4.24. The smallest absolute Gasteiger partial charge is 0.143 e. The maximum atomic E-state index is 6.53. The second-order valence-electron chi connectivity index (χ2n) is 7.96. The average Bonchev–Trinajstić information content (AvgIpc) is 2.86. The second-order valence-corrected chi connectivity index (χ2v) is 7.96. The lowest BCUT2D eigenvalue weighted by molar-refractivity contribution is 0.485. The van der Waals surface area contributed by atoms with Crippen LogP contribution in [0.25, 0.3) is 21.5 Å². The zero-order valence-corrected chi connectivity index (χ0v) is 18.5.